The van der Waals surface area contributed by atoms with Crippen molar-refractivity contribution in [3.05, 3.63) is 24.3 Å². The number of hydrogen-bond acceptors (Lipinski definition) is 3. The maximum Gasteiger partial charge on any atom is 0.274 e. The van der Waals surface area contributed by atoms with Crippen molar-refractivity contribution in [1.29, 1.82) is 0 Å². The predicted molar refractivity (Wildman–Crippen MR) is 55.4 cm³/mol. The summed E-state index contributed by atoms with van der Waals surface area (Å²) < 4.78 is 6.64. The Bertz CT molecular complexity index is 363. The molecule has 0 spiro atoms. The number of hydrogen-bond donors (Lipinski definition) is 0. The zero-order chi connectivity index (χ0) is 9.10. The van der Waals surface area contributed by atoms with Gasteiger partial charge in [-0.2, -0.15) is 0 Å². The number of ether oxygens (including phenoxy) is 1. The van der Waals surface area contributed by atoms with Crippen molar-refractivity contribution in [2.75, 3.05) is 6.61 Å². The van der Waals surface area contributed by atoms with E-state index in [2.05, 4.69) is 18.0 Å². The molecule has 68 valence electrons. The fraction of sp³-hybridized carbons (Fsp3) is 0.300. The van der Waals surface area contributed by atoms with Crippen LogP contribution in [0, 0.1) is 0 Å². The van der Waals surface area contributed by atoms with Crippen molar-refractivity contribution >= 4 is 21.6 Å². The minimum absolute atomic E-state index is 0.750. The number of fused-ring (bicyclic) bond motifs is 1. The molecular formula is C10H11NOS. The summed E-state index contributed by atoms with van der Waals surface area (Å²) in [5.41, 5.74) is 1.03. The van der Waals surface area contributed by atoms with Crippen LogP contribution in [-0.4, -0.2) is 11.6 Å². The molecule has 0 N–H and O–H groups in total. The summed E-state index contributed by atoms with van der Waals surface area (Å²) in [6.45, 7) is 2.84. The Hall–Kier alpha value is -1.09. The van der Waals surface area contributed by atoms with Gasteiger partial charge in [0.25, 0.3) is 5.19 Å². The van der Waals surface area contributed by atoms with E-state index in [-0.39, 0.29) is 0 Å². The van der Waals surface area contributed by atoms with E-state index in [4.69, 9.17) is 4.74 Å². The second kappa shape index (κ2) is 3.75. The Kier molecular flexibility index (Phi) is 2.45. The van der Waals surface area contributed by atoms with E-state index in [9.17, 15) is 0 Å². The van der Waals surface area contributed by atoms with Gasteiger partial charge in [0.15, 0.2) is 0 Å². The molecular weight excluding hydrogens is 182 g/mol. The first-order valence-corrected chi connectivity index (χ1v) is 5.20. The van der Waals surface area contributed by atoms with Crippen LogP contribution in [0.15, 0.2) is 24.3 Å². The van der Waals surface area contributed by atoms with Gasteiger partial charge in [-0.15, -0.1) is 0 Å². The lowest BCUT2D eigenvalue weighted by atomic mass is 10.3. The van der Waals surface area contributed by atoms with Crippen LogP contribution in [0.2, 0.25) is 0 Å². The lowest BCUT2D eigenvalue weighted by Gasteiger charge is -1.95. The van der Waals surface area contributed by atoms with Crippen LogP contribution >= 0.6 is 11.3 Å². The van der Waals surface area contributed by atoms with Crippen molar-refractivity contribution in [3.8, 4) is 5.19 Å². The zero-order valence-electron chi connectivity index (χ0n) is 7.49. The largest absolute Gasteiger partial charge is 0.470 e. The van der Waals surface area contributed by atoms with Crippen LogP contribution in [0.4, 0.5) is 0 Å². The monoisotopic (exact) mass is 193 g/mol. The third kappa shape index (κ3) is 1.80. The minimum atomic E-state index is 0.750. The molecule has 0 aliphatic rings. The predicted octanol–water partition coefficient (Wildman–Crippen LogP) is 3.09. The number of aromatic nitrogens is 1. The molecule has 2 aromatic rings. The second-order valence-corrected chi connectivity index (χ2v) is 3.79. The summed E-state index contributed by atoms with van der Waals surface area (Å²) in [5.74, 6) is 0. The third-order valence-electron chi connectivity index (χ3n) is 1.70. The standard InChI is InChI=1S/C10H11NOS/c1-2-7-12-10-11-8-5-3-4-6-9(8)13-10/h3-6H,2,7H2,1H3. The Morgan fingerprint density at radius 1 is 1.38 bits per heavy atom. The first kappa shape index (κ1) is 8.51. The van der Waals surface area contributed by atoms with Gasteiger partial charge in [-0.3, -0.25) is 0 Å². The summed E-state index contributed by atoms with van der Waals surface area (Å²) in [7, 11) is 0. The molecule has 1 heterocycles. The summed E-state index contributed by atoms with van der Waals surface area (Å²) >= 11 is 1.60. The molecule has 1 aromatic heterocycles. The van der Waals surface area contributed by atoms with Crippen LogP contribution in [-0.2, 0) is 0 Å². The van der Waals surface area contributed by atoms with Crippen molar-refractivity contribution in [1.82, 2.24) is 4.98 Å². The summed E-state index contributed by atoms with van der Waals surface area (Å²) in [4.78, 5) is 4.35. The Morgan fingerprint density at radius 2 is 2.23 bits per heavy atom. The maximum absolute atomic E-state index is 5.45. The lowest BCUT2D eigenvalue weighted by Crippen LogP contribution is -1.93. The van der Waals surface area contributed by atoms with Crippen molar-refractivity contribution < 1.29 is 4.74 Å². The Morgan fingerprint density at radius 3 is 3.00 bits per heavy atom. The summed E-state index contributed by atoms with van der Waals surface area (Å²) in [6.07, 6.45) is 1.02. The van der Waals surface area contributed by atoms with Gasteiger partial charge in [0, 0.05) is 0 Å². The van der Waals surface area contributed by atoms with Gasteiger partial charge >= 0.3 is 0 Å². The van der Waals surface area contributed by atoms with Gasteiger partial charge in [-0.05, 0) is 18.6 Å². The molecule has 0 fully saturated rings. The molecule has 2 rings (SSSR count). The summed E-state index contributed by atoms with van der Waals surface area (Å²) in [6, 6.07) is 8.08. The van der Waals surface area contributed by atoms with E-state index in [1.54, 1.807) is 11.3 Å². The van der Waals surface area contributed by atoms with Crippen molar-refractivity contribution in [2.24, 2.45) is 0 Å². The Balaban J connectivity index is 2.28. The highest BCUT2D eigenvalue weighted by Gasteiger charge is 2.02. The van der Waals surface area contributed by atoms with Crippen molar-refractivity contribution in [2.45, 2.75) is 13.3 Å². The molecule has 0 amide bonds. The van der Waals surface area contributed by atoms with Crippen LogP contribution in [0.1, 0.15) is 13.3 Å². The topological polar surface area (TPSA) is 22.1 Å². The minimum Gasteiger partial charge on any atom is -0.470 e. The maximum atomic E-state index is 5.45. The van der Waals surface area contributed by atoms with Gasteiger partial charge in [-0.1, -0.05) is 30.4 Å². The van der Waals surface area contributed by atoms with Gasteiger partial charge in [-0.25, -0.2) is 4.98 Å². The molecule has 0 bridgehead atoms. The normalized spacial score (nSPS) is 10.5. The first-order chi connectivity index (χ1) is 6.40. The number of para-hydroxylation sites is 1. The van der Waals surface area contributed by atoms with Crippen LogP contribution in [0.3, 0.4) is 0 Å². The highest BCUT2D eigenvalue weighted by molar-refractivity contribution is 7.20. The van der Waals surface area contributed by atoms with E-state index in [0.717, 1.165) is 23.7 Å². The van der Waals surface area contributed by atoms with E-state index in [0.29, 0.717) is 0 Å². The van der Waals surface area contributed by atoms with Gasteiger partial charge < -0.3 is 4.74 Å². The number of thiazole rings is 1. The molecule has 1 aromatic carbocycles. The first-order valence-electron chi connectivity index (χ1n) is 4.38. The molecule has 2 nitrogen and oxygen atoms in total. The van der Waals surface area contributed by atoms with Crippen molar-refractivity contribution in [3.63, 3.8) is 0 Å². The SMILES string of the molecule is CCCOc1nc2ccccc2s1. The average molecular weight is 193 g/mol. The molecule has 0 saturated heterocycles. The molecule has 0 radical (unpaired) electrons. The molecule has 0 aliphatic carbocycles. The number of benzene rings is 1. The summed E-state index contributed by atoms with van der Waals surface area (Å²) in [5, 5.41) is 0.781. The Labute approximate surface area is 81.2 Å². The van der Waals surface area contributed by atoms with Gasteiger partial charge in [0.2, 0.25) is 0 Å². The highest BCUT2D eigenvalue weighted by atomic mass is 32.1. The highest BCUT2D eigenvalue weighted by Crippen LogP contribution is 2.27. The van der Waals surface area contributed by atoms with E-state index in [1.165, 1.54) is 4.70 Å². The lowest BCUT2D eigenvalue weighted by molar-refractivity contribution is 0.316. The van der Waals surface area contributed by atoms with Crippen LogP contribution < -0.4 is 4.74 Å². The molecule has 0 saturated carbocycles. The fourth-order valence-electron chi connectivity index (χ4n) is 1.10. The number of nitrogens with zero attached hydrogens (tertiary/aromatic N) is 1. The molecule has 13 heavy (non-hydrogen) atoms. The van der Waals surface area contributed by atoms with Crippen LogP contribution in [0.5, 0.6) is 5.19 Å². The molecule has 0 unspecified atom stereocenters. The average Bonchev–Trinajstić information content (AvgIpc) is 2.57. The van der Waals surface area contributed by atoms with Gasteiger partial charge in [0.05, 0.1) is 16.8 Å². The van der Waals surface area contributed by atoms with E-state index >= 15 is 0 Å². The molecule has 0 aliphatic heterocycles. The van der Waals surface area contributed by atoms with E-state index in [1.807, 2.05) is 18.2 Å². The molecule has 0 atom stereocenters. The van der Waals surface area contributed by atoms with Crippen LogP contribution in [0.25, 0.3) is 10.2 Å². The quantitative estimate of drug-likeness (QED) is 0.747. The zero-order valence-corrected chi connectivity index (χ0v) is 8.30. The van der Waals surface area contributed by atoms with Gasteiger partial charge in [0.1, 0.15) is 0 Å². The second-order valence-electron chi connectivity index (χ2n) is 2.80. The third-order valence-corrected chi connectivity index (χ3v) is 2.65. The van der Waals surface area contributed by atoms with E-state index < -0.39 is 0 Å². The fourth-order valence-corrected chi connectivity index (χ4v) is 1.94. The number of rotatable bonds is 3. The molecule has 3 heteroatoms. The smallest absolute Gasteiger partial charge is 0.274 e.